The molecular formula is C21H18ClFN6O2. The molecule has 3 aromatic rings. The number of hydrogen-bond acceptors (Lipinski definition) is 4. The lowest BCUT2D eigenvalue weighted by molar-refractivity contribution is -0.124. The second-order valence-corrected chi connectivity index (χ2v) is 7.46. The van der Waals surface area contributed by atoms with Crippen molar-refractivity contribution in [2.24, 2.45) is 17.8 Å². The van der Waals surface area contributed by atoms with Crippen molar-refractivity contribution in [3.05, 3.63) is 76.8 Å². The first-order valence-corrected chi connectivity index (χ1v) is 9.66. The van der Waals surface area contributed by atoms with E-state index >= 15 is 0 Å². The van der Waals surface area contributed by atoms with Gasteiger partial charge in [0.15, 0.2) is 5.54 Å². The van der Waals surface area contributed by atoms with E-state index in [-0.39, 0.29) is 17.9 Å². The second-order valence-electron chi connectivity index (χ2n) is 7.02. The summed E-state index contributed by atoms with van der Waals surface area (Å²) >= 11 is 5.96. The van der Waals surface area contributed by atoms with Crippen LogP contribution in [0.2, 0.25) is 5.02 Å². The van der Waals surface area contributed by atoms with Crippen molar-refractivity contribution in [1.82, 2.24) is 20.4 Å². The smallest absolute Gasteiger partial charge is 0.322 e. The van der Waals surface area contributed by atoms with Crippen molar-refractivity contribution in [3.8, 4) is 11.1 Å². The number of rotatable bonds is 5. The van der Waals surface area contributed by atoms with Gasteiger partial charge in [-0.05, 0) is 35.4 Å². The maximum absolute atomic E-state index is 14.8. The summed E-state index contributed by atoms with van der Waals surface area (Å²) in [5, 5.41) is 9.42. The topological polar surface area (TPSA) is 114 Å². The molecule has 0 radical (unpaired) electrons. The maximum Gasteiger partial charge on any atom is 0.322 e. The van der Waals surface area contributed by atoms with Gasteiger partial charge < -0.3 is 11.1 Å². The molecule has 4 N–H and O–H groups in total. The Bertz CT molecular complexity index is 1210. The Labute approximate surface area is 181 Å². The lowest BCUT2D eigenvalue weighted by atomic mass is 9.95. The fourth-order valence-electron chi connectivity index (χ4n) is 3.59. The molecule has 10 heteroatoms. The number of hydrogen-bond donors (Lipinski definition) is 3. The van der Waals surface area contributed by atoms with Crippen molar-refractivity contribution < 1.29 is 14.0 Å². The molecule has 3 amide bonds. The number of amidine groups is 1. The Balaban J connectivity index is 1.76. The number of benzene rings is 2. The van der Waals surface area contributed by atoms with Gasteiger partial charge >= 0.3 is 6.03 Å². The first-order chi connectivity index (χ1) is 14.8. The lowest BCUT2D eigenvalue weighted by Gasteiger charge is -2.24. The van der Waals surface area contributed by atoms with Crippen molar-refractivity contribution in [1.29, 1.82) is 0 Å². The number of amides is 3. The summed E-state index contributed by atoms with van der Waals surface area (Å²) in [4.78, 5) is 28.9. The summed E-state index contributed by atoms with van der Waals surface area (Å²) in [6, 6.07) is 12.4. The monoisotopic (exact) mass is 440 g/mol. The van der Waals surface area contributed by atoms with Crippen LogP contribution in [0.4, 0.5) is 9.18 Å². The van der Waals surface area contributed by atoms with Crippen LogP contribution >= 0.6 is 11.6 Å². The quantitative estimate of drug-likeness (QED) is 0.321. The average molecular weight is 441 g/mol. The average Bonchev–Trinajstić information content (AvgIpc) is 3.29. The van der Waals surface area contributed by atoms with Gasteiger partial charge in [-0.3, -0.25) is 19.8 Å². The van der Waals surface area contributed by atoms with E-state index in [1.54, 1.807) is 49.5 Å². The molecule has 0 bridgehead atoms. The van der Waals surface area contributed by atoms with E-state index in [0.717, 1.165) is 0 Å². The van der Waals surface area contributed by atoms with Gasteiger partial charge in [-0.25, -0.2) is 9.18 Å². The molecule has 1 aliphatic heterocycles. The molecule has 1 aromatic heterocycles. The van der Waals surface area contributed by atoms with E-state index in [9.17, 15) is 14.0 Å². The minimum absolute atomic E-state index is 0.0923. The van der Waals surface area contributed by atoms with Crippen molar-refractivity contribution in [3.63, 3.8) is 0 Å². The minimum Gasteiger partial charge on any atom is -0.383 e. The molecule has 8 nitrogen and oxygen atoms in total. The molecule has 0 aliphatic carbocycles. The lowest BCUT2D eigenvalue weighted by Crippen LogP contribution is -2.48. The van der Waals surface area contributed by atoms with Gasteiger partial charge in [0.05, 0.1) is 17.8 Å². The Hall–Kier alpha value is -3.72. The highest BCUT2D eigenvalue weighted by atomic mass is 35.5. The second kappa shape index (κ2) is 7.84. The van der Waals surface area contributed by atoms with Crippen LogP contribution in [-0.4, -0.2) is 34.1 Å². The molecule has 4 rings (SSSR count). The zero-order valence-electron chi connectivity index (χ0n) is 16.4. The first kappa shape index (κ1) is 20.5. The van der Waals surface area contributed by atoms with Crippen LogP contribution in [0.3, 0.4) is 0 Å². The predicted molar refractivity (Wildman–Crippen MR) is 114 cm³/mol. The van der Waals surface area contributed by atoms with E-state index in [4.69, 9.17) is 17.3 Å². The molecule has 1 aliphatic rings. The zero-order chi connectivity index (χ0) is 22.2. The third-order valence-corrected chi connectivity index (χ3v) is 5.36. The fraction of sp³-hybridized carbons (Fsp3) is 0.143. The maximum atomic E-state index is 14.8. The number of aryl methyl sites for hydroxylation is 1. The minimum atomic E-state index is -1.52. The molecule has 1 saturated heterocycles. The Kier molecular flexibility index (Phi) is 5.20. The van der Waals surface area contributed by atoms with Crippen LogP contribution in [-0.2, 0) is 17.4 Å². The number of imide groups is 1. The number of carbonyl (C=O) groups is 2. The summed E-state index contributed by atoms with van der Waals surface area (Å²) < 4.78 is 16.2. The van der Waals surface area contributed by atoms with Gasteiger partial charge in [0.25, 0.3) is 5.91 Å². The number of nitrogens with zero attached hydrogens (tertiary/aromatic N) is 3. The van der Waals surface area contributed by atoms with Crippen LogP contribution in [0.1, 0.15) is 11.3 Å². The SMILES string of the molecule is Cn1nccc1C1(CN=C(N)c2c(F)cccc2-c2ccc(Cl)cc2)NC(=O)NC1=O. The summed E-state index contributed by atoms with van der Waals surface area (Å²) in [6.07, 6.45) is 1.50. The number of nitrogens with two attached hydrogens (primary N) is 1. The van der Waals surface area contributed by atoms with Crippen LogP contribution < -0.4 is 16.4 Å². The van der Waals surface area contributed by atoms with E-state index < -0.39 is 23.3 Å². The summed E-state index contributed by atoms with van der Waals surface area (Å²) in [5.41, 5.74) is 6.40. The summed E-state index contributed by atoms with van der Waals surface area (Å²) in [7, 11) is 1.64. The molecule has 1 unspecified atom stereocenters. The third kappa shape index (κ3) is 3.64. The standard InChI is InChI=1S/C21H18ClFN6O2/c1-29-16(9-10-26-29)21(19(30)27-20(31)28-21)11-25-18(24)17-14(3-2-4-15(17)23)12-5-7-13(22)8-6-12/h2-10H,11H2,1H3,(H2,24,25)(H2,27,28,30,31). The highest BCUT2D eigenvalue weighted by molar-refractivity contribution is 6.30. The number of aliphatic imine (C=N–C) groups is 1. The molecule has 0 saturated carbocycles. The molecule has 158 valence electrons. The van der Waals surface area contributed by atoms with Crippen LogP contribution in [0.15, 0.2) is 59.7 Å². The highest BCUT2D eigenvalue weighted by Crippen LogP contribution is 2.29. The molecule has 1 atom stereocenters. The number of carbonyl (C=O) groups excluding carboxylic acids is 2. The van der Waals surface area contributed by atoms with Crippen molar-refractivity contribution in [2.45, 2.75) is 5.54 Å². The van der Waals surface area contributed by atoms with Gasteiger partial charge in [0, 0.05) is 18.3 Å². The van der Waals surface area contributed by atoms with E-state index in [1.807, 2.05) is 0 Å². The fourth-order valence-corrected chi connectivity index (χ4v) is 3.72. The Morgan fingerprint density at radius 1 is 1.23 bits per heavy atom. The van der Waals surface area contributed by atoms with E-state index in [0.29, 0.717) is 21.8 Å². The molecule has 2 aromatic carbocycles. The number of halogens is 2. The van der Waals surface area contributed by atoms with Crippen LogP contribution in [0.5, 0.6) is 0 Å². The van der Waals surface area contributed by atoms with Crippen molar-refractivity contribution >= 4 is 29.4 Å². The predicted octanol–water partition coefficient (Wildman–Crippen LogP) is 2.32. The van der Waals surface area contributed by atoms with Crippen LogP contribution in [0, 0.1) is 5.82 Å². The van der Waals surface area contributed by atoms with Gasteiger partial charge in [-0.2, -0.15) is 5.10 Å². The Morgan fingerprint density at radius 3 is 2.58 bits per heavy atom. The summed E-state index contributed by atoms with van der Waals surface area (Å²) in [6.45, 7) is -0.246. The largest absolute Gasteiger partial charge is 0.383 e. The van der Waals surface area contributed by atoms with Crippen molar-refractivity contribution in [2.75, 3.05) is 6.54 Å². The molecular weight excluding hydrogens is 423 g/mol. The van der Waals surface area contributed by atoms with Gasteiger partial charge in [-0.15, -0.1) is 0 Å². The molecule has 0 spiro atoms. The van der Waals surface area contributed by atoms with E-state index in [2.05, 4.69) is 20.7 Å². The van der Waals surface area contributed by atoms with Gasteiger partial charge in [0.2, 0.25) is 0 Å². The Morgan fingerprint density at radius 2 is 1.97 bits per heavy atom. The third-order valence-electron chi connectivity index (χ3n) is 5.11. The molecule has 1 fully saturated rings. The normalized spacial score (nSPS) is 18.7. The highest BCUT2D eigenvalue weighted by Gasteiger charge is 2.49. The molecule has 2 heterocycles. The number of urea groups is 1. The van der Waals surface area contributed by atoms with E-state index in [1.165, 1.54) is 16.9 Å². The van der Waals surface area contributed by atoms with Gasteiger partial charge in [-0.1, -0.05) is 35.9 Å². The molecule has 31 heavy (non-hydrogen) atoms. The number of aromatic nitrogens is 2. The summed E-state index contributed by atoms with van der Waals surface area (Å²) in [5.74, 6) is -1.27. The first-order valence-electron chi connectivity index (χ1n) is 9.28. The number of nitrogens with one attached hydrogen (secondary N) is 2. The van der Waals surface area contributed by atoms with Gasteiger partial charge in [0.1, 0.15) is 11.7 Å². The zero-order valence-corrected chi connectivity index (χ0v) is 17.2. The van der Waals surface area contributed by atoms with Crippen LogP contribution in [0.25, 0.3) is 11.1 Å².